The van der Waals surface area contributed by atoms with Gasteiger partial charge < -0.3 is 16.4 Å². The Labute approximate surface area is 110 Å². The zero-order valence-electron chi connectivity index (χ0n) is 10.4. The van der Waals surface area contributed by atoms with Gasteiger partial charge in [-0.2, -0.15) is 0 Å². The molecule has 0 bridgehead atoms. The van der Waals surface area contributed by atoms with Crippen LogP contribution in [0.4, 0.5) is 21.5 Å². The molecule has 0 fully saturated rings. The molecule has 0 aliphatic rings. The van der Waals surface area contributed by atoms with E-state index >= 15 is 0 Å². The molecular formula is C14H14FN3O. The predicted molar refractivity (Wildman–Crippen MR) is 73.8 cm³/mol. The Morgan fingerprint density at radius 2 is 1.79 bits per heavy atom. The molecule has 5 heteroatoms. The van der Waals surface area contributed by atoms with Gasteiger partial charge >= 0.3 is 0 Å². The second kappa shape index (κ2) is 4.97. The van der Waals surface area contributed by atoms with E-state index in [-0.39, 0.29) is 11.4 Å². The molecule has 0 saturated carbocycles. The van der Waals surface area contributed by atoms with Crippen molar-refractivity contribution in [1.82, 2.24) is 0 Å². The molecule has 0 unspecified atom stereocenters. The molecule has 19 heavy (non-hydrogen) atoms. The summed E-state index contributed by atoms with van der Waals surface area (Å²) in [6.07, 6.45) is 0. The van der Waals surface area contributed by atoms with Gasteiger partial charge in [0.1, 0.15) is 5.82 Å². The topological polar surface area (TPSA) is 72.3 Å². The highest BCUT2D eigenvalue weighted by molar-refractivity contribution is 6.01. The molecule has 0 heterocycles. The maximum Gasteiger partial charge on any atom is 0.250 e. The van der Waals surface area contributed by atoms with E-state index in [1.807, 2.05) is 0 Å². The van der Waals surface area contributed by atoms with Crippen LogP contribution >= 0.6 is 0 Å². The molecule has 0 spiro atoms. The largest absolute Gasteiger partial charge is 0.396 e. The van der Waals surface area contributed by atoms with E-state index in [4.69, 9.17) is 11.5 Å². The van der Waals surface area contributed by atoms with Crippen LogP contribution in [0.15, 0.2) is 42.5 Å². The standard InChI is InChI=1S/C14H14FN3O/c1-18(10-7-5-9(15)6-8-10)12-4-2-3-11(13(12)16)14(17)19/h2-8H,16H2,1H3,(H2,17,19). The van der Waals surface area contributed by atoms with Crippen LogP contribution in [0.3, 0.4) is 0 Å². The molecule has 0 aliphatic heterocycles. The van der Waals surface area contributed by atoms with Crippen molar-refractivity contribution in [2.24, 2.45) is 5.73 Å². The number of hydrogen-bond donors (Lipinski definition) is 2. The summed E-state index contributed by atoms with van der Waals surface area (Å²) in [4.78, 5) is 13.0. The Bertz CT molecular complexity index is 611. The van der Waals surface area contributed by atoms with Gasteiger partial charge in [-0.15, -0.1) is 0 Å². The van der Waals surface area contributed by atoms with Crippen LogP contribution in [0.1, 0.15) is 10.4 Å². The van der Waals surface area contributed by atoms with E-state index in [2.05, 4.69) is 0 Å². The lowest BCUT2D eigenvalue weighted by Crippen LogP contribution is -2.17. The molecule has 0 aromatic heterocycles. The first-order chi connectivity index (χ1) is 9.00. The number of nitrogens with two attached hydrogens (primary N) is 2. The second-order valence-electron chi connectivity index (χ2n) is 4.14. The number of para-hydroxylation sites is 1. The molecule has 0 radical (unpaired) electrons. The fourth-order valence-corrected chi connectivity index (χ4v) is 1.86. The lowest BCUT2D eigenvalue weighted by Gasteiger charge is -2.22. The van der Waals surface area contributed by atoms with Crippen LogP contribution in [-0.4, -0.2) is 13.0 Å². The van der Waals surface area contributed by atoms with Crippen molar-refractivity contribution in [2.45, 2.75) is 0 Å². The zero-order chi connectivity index (χ0) is 14.0. The summed E-state index contributed by atoms with van der Waals surface area (Å²) in [5.74, 6) is -0.886. The average Bonchev–Trinajstić information content (AvgIpc) is 2.38. The lowest BCUT2D eigenvalue weighted by molar-refractivity contribution is 0.100. The van der Waals surface area contributed by atoms with Gasteiger partial charge in [0.2, 0.25) is 0 Å². The number of carbonyl (C=O) groups excluding carboxylic acids is 1. The SMILES string of the molecule is CN(c1ccc(F)cc1)c1cccc(C(N)=O)c1N. The third-order valence-electron chi connectivity index (χ3n) is 2.92. The summed E-state index contributed by atoms with van der Waals surface area (Å²) < 4.78 is 12.9. The fraction of sp³-hybridized carbons (Fsp3) is 0.0714. The van der Waals surface area contributed by atoms with Crippen LogP contribution in [0.25, 0.3) is 0 Å². The monoisotopic (exact) mass is 259 g/mol. The Morgan fingerprint density at radius 1 is 1.16 bits per heavy atom. The maximum atomic E-state index is 12.9. The van der Waals surface area contributed by atoms with Gasteiger partial charge in [-0.25, -0.2) is 4.39 Å². The number of amides is 1. The maximum absolute atomic E-state index is 12.9. The van der Waals surface area contributed by atoms with Gasteiger partial charge in [0.05, 0.1) is 16.9 Å². The normalized spacial score (nSPS) is 10.2. The molecule has 2 aromatic rings. The predicted octanol–water partition coefficient (Wildman–Crippen LogP) is 2.27. The first kappa shape index (κ1) is 12.9. The van der Waals surface area contributed by atoms with E-state index < -0.39 is 5.91 Å². The summed E-state index contributed by atoms with van der Waals surface area (Å²) in [5.41, 5.74) is 13.2. The Balaban J connectivity index is 2.44. The molecule has 2 rings (SSSR count). The Morgan fingerprint density at radius 3 is 2.37 bits per heavy atom. The number of hydrogen-bond acceptors (Lipinski definition) is 3. The fourth-order valence-electron chi connectivity index (χ4n) is 1.86. The van der Waals surface area contributed by atoms with Crippen molar-refractivity contribution in [3.63, 3.8) is 0 Å². The number of nitrogen functional groups attached to an aromatic ring is 1. The summed E-state index contributed by atoms with van der Waals surface area (Å²) in [6.45, 7) is 0. The molecule has 98 valence electrons. The number of nitrogens with zero attached hydrogens (tertiary/aromatic N) is 1. The van der Waals surface area contributed by atoms with Gasteiger partial charge in [-0.05, 0) is 36.4 Å². The summed E-state index contributed by atoms with van der Waals surface area (Å²) in [5, 5.41) is 0. The number of benzene rings is 2. The quantitative estimate of drug-likeness (QED) is 0.830. The molecular weight excluding hydrogens is 245 g/mol. The van der Waals surface area contributed by atoms with Crippen LogP contribution in [0, 0.1) is 5.82 Å². The van der Waals surface area contributed by atoms with E-state index in [1.165, 1.54) is 12.1 Å². The Hall–Kier alpha value is -2.56. The second-order valence-corrected chi connectivity index (χ2v) is 4.14. The minimum absolute atomic E-state index is 0.270. The molecule has 4 N–H and O–H groups in total. The third-order valence-corrected chi connectivity index (χ3v) is 2.92. The molecule has 1 amide bonds. The highest BCUT2D eigenvalue weighted by Crippen LogP contribution is 2.31. The van der Waals surface area contributed by atoms with Gasteiger partial charge in [-0.3, -0.25) is 4.79 Å². The summed E-state index contributed by atoms with van der Waals surface area (Å²) >= 11 is 0. The number of primary amides is 1. The Kier molecular flexibility index (Phi) is 3.37. The van der Waals surface area contributed by atoms with Gasteiger partial charge in [-0.1, -0.05) is 6.07 Å². The van der Waals surface area contributed by atoms with Gasteiger partial charge in [0.15, 0.2) is 0 Å². The molecule has 2 aromatic carbocycles. The number of halogens is 1. The van der Waals surface area contributed by atoms with Crippen LogP contribution in [0.2, 0.25) is 0 Å². The van der Waals surface area contributed by atoms with Crippen molar-refractivity contribution in [3.05, 3.63) is 53.8 Å². The van der Waals surface area contributed by atoms with E-state index in [9.17, 15) is 9.18 Å². The number of anilines is 3. The first-order valence-corrected chi connectivity index (χ1v) is 5.68. The van der Waals surface area contributed by atoms with Crippen LogP contribution in [0.5, 0.6) is 0 Å². The van der Waals surface area contributed by atoms with Crippen molar-refractivity contribution in [1.29, 1.82) is 0 Å². The molecule has 0 aliphatic carbocycles. The zero-order valence-corrected chi connectivity index (χ0v) is 10.4. The summed E-state index contributed by atoms with van der Waals surface area (Å²) in [7, 11) is 1.78. The first-order valence-electron chi connectivity index (χ1n) is 5.68. The highest BCUT2D eigenvalue weighted by atomic mass is 19.1. The van der Waals surface area contributed by atoms with Gasteiger partial charge in [0.25, 0.3) is 5.91 Å². The molecule has 0 saturated heterocycles. The van der Waals surface area contributed by atoms with Crippen LogP contribution in [-0.2, 0) is 0 Å². The van der Waals surface area contributed by atoms with Crippen molar-refractivity contribution in [3.8, 4) is 0 Å². The van der Waals surface area contributed by atoms with Crippen molar-refractivity contribution in [2.75, 3.05) is 17.7 Å². The minimum atomic E-state index is -0.577. The molecule has 0 atom stereocenters. The smallest absolute Gasteiger partial charge is 0.250 e. The molecule has 4 nitrogen and oxygen atoms in total. The highest BCUT2D eigenvalue weighted by Gasteiger charge is 2.13. The van der Waals surface area contributed by atoms with E-state index in [1.54, 1.807) is 42.3 Å². The third kappa shape index (κ3) is 2.49. The minimum Gasteiger partial charge on any atom is -0.396 e. The number of rotatable bonds is 3. The van der Waals surface area contributed by atoms with E-state index in [0.29, 0.717) is 11.4 Å². The van der Waals surface area contributed by atoms with E-state index in [0.717, 1.165) is 5.69 Å². The average molecular weight is 259 g/mol. The lowest BCUT2D eigenvalue weighted by atomic mass is 10.1. The number of carbonyl (C=O) groups is 1. The van der Waals surface area contributed by atoms with Crippen LogP contribution < -0.4 is 16.4 Å². The van der Waals surface area contributed by atoms with Gasteiger partial charge in [0, 0.05) is 12.7 Å². The van der Waals surface area contributed by atoms with Crippen molar-refractivity contribution < 1.29 is 9.18 Å². The van der Waals surface area contributed by atoms with Crippen molar-refractivity contribution >= 4 is 23.0 Å². The summed E-state index contributed by atoms with van der Waals surface area (Å²) in [6, 6.07) is 11.0.